The molecule has 0 aliphatic rings. The molecule has 0 spiro atoms. The maximum atomic E-state index is 11.2. The lowest BCUT2D eigenvalue weighted by molar-refractivity contribution is 0.0699. The highest BCUT2D eigenvalue weighted by Gasteiger charge is 2.14. The van der Waals surface area contributed by atoms with E-state index in [9.17, 15) is 9.90 Å². The van der Waals surface area contributed by atoms with Crippen LogP contribution in [0.2, 0.25) is 5.02 Å². The van der Waals surface area contributed by atoms with Gasteiger partial charge in [0.2, 0.25) is 0 Å². The van der Waals surface area contributed by atoms with Crippen LogP contribution in [0.1, 0.15) is 10.4 Å². The van der Waals surface area contributed by atoms with E-state index < -0.39 is 5.97 Å². The Bertz CT molecular complexity index is 821. The number of ether oxygens (including phenoxy) is 1. The maximum absolute atomic E-state index is 11.2. The zero-order valence-electron chi connectivity index (χ0n) is 11.2. The van der Waals surface area contributed by atoms with Crippen LogP contribution in [0, 0.1) is 0 Å². The van der Waals surface area contributed by atoms with E-state index in [4.69, 9.17) is 16.3 Å². The molecule has 21 heavy (non-hydrogen) atoms. The molecule has 0 bridgehead atoms. The van der Waals surface area contributed by atoms with E-state index in [2.05, 4.69) is 4.98 Å². The third-order valence-corrected chi connectivity index (χ3v) is 3.71. The van der Waals surface area contributed by atoms with Crippen molar-refractivity contribution in [2.24, 2.45) is 0 Å². The maximum Gasteiger partial charge on any atom is 0.337 e. The van der Waals surface area contributed by atoms with E-state index in [1.165, 1.54) is 6.20 Å². The highest BCUT2D eigenvalue weighted by molar-refractivity contribution is 6.34. The van der Waals surface area contributed by atoms with Gasteiger partial charge in [-0.25, -0.2) is 4.79 Å². The number of aromatic amines is 1. The van der Waals surface area contributed by atoms with Crippen LogP contribution in [0.3, 0.4) is 0 Å². The molecule has 0 aliphatic carbocycles. The summed E-state index contributed by atoms with van der Waals surface area (Å²) in [5.74, 6) is -0.215. The summed E-state index contributed by atoms with van der Waals surface area (Å²) in [6, 6.07) is 11.0. The molecule has 0 radical (unpaired) electrons. The summed E-state index contributed by atoms with van der Waals surface area (Å²) < 4.78 is 5.13. The van der Waals surface area contributed by atoms with Crippen molar-refractivity contribution >= 4 is 28.5 Å². The standard InChI is InChI=1S/C16H12ClNO3/c1-21-10-4-2-9(3-5-10)11-6-12-13(16(19)20)8-18-15(12)7-14(11)17/h2-8,18H,1H3,(H,19,20). The molecule has 0 saturated carbocycles. The Morgan fingerprint density at radius 2 is 1.95 bits per heavy atom. The normalized spacial score (nSPS) is 10.8. The van der Waals surface area contributed by atoms with Crippen molar-refractivity contribution in [2.45, 2.75) is 0 Å². The molecule has 3 aromatic rings. The number of aromatic nitrogens is 1. The van der Waals surface area contributed by atoms with E-state index in [-0.39, 0.29) is 5.56 Å². The first-order valence-corrected chi connectivity index (χ1v) is 6.66. The minimum atomic E-state index is -0.968. The van der Waals surface area contributed by atoms with Gasteiger partial charge in [-0.05, 0) is 29.8 Å². The molecule has 106 valence electrons. The first-order valence-electron chi connectivity index (χ1n) is 6.28. The van der Waals surface area contributed by atoms with E-state index in [0.29, 0.717) is 15.9 Å². The van der Waals surface area contributed by atoms with Crippen molar-refractivity contribution in [1.29, 1.82) is 0 Å². The van der Waals surface area contributed by atoms with Crippen LogP contribution in [0.25, 0.3) is 22.0 Å². The van der Waals surface area contributed by atoms with E-state index >= 15 is 0 Å². The Morgan fingerprint density at radius 3 is 2.57 bits per heavy atom. The van der Waals surface area contributed by atoms with Gasteiger partial charge in [0.1, 0.15) is 5.75 Å². The molecular weight excluding hydrogens is 290 g/mol. The van der Waals surface area contributed by atoms with Crippen molar-refractivity contribution in [1.82, 2.24) is 4.98 Å². The Balaban J connectivity index is 2.18. The summed E-state index contributed by atoms with van der Waals surface area (Å²) in [6.45, 7) is 0. The second-order valence-electron chi connectivity index (χ2n) is 4.61. The first-order chi connectivity index (χ1) is 10.1. The highest BCUT2D eigenvalue weighted by atomic mass is 35.5. The largest absolute Gasteiger partial charge is 0.497 e. The highest BCUT2D eigenvalue weighted by Crippen LogP contribution is 2.34. The van der Waals surface area contributed by atoms with Crippen LogP contribution in [0.5, 0.6) is 5.75 Å². The molecule has 0 unspecified atom stereocenters. The fraction of sp³-hybridized carbons (Fsp3) is 0.0625. The van der Waals surface area contributed by atoms with Gasteiger partial charge < -0.3 is 14.8 Å². The average Bonchev–Trinajstić information content (AvgIpc) is 2.89. The van der Waals surface area contributed by atoms with Crippen LogP contribution in [-0.2, 0) is 0 Å². The molecule has 0 saturated heterocycles. The number of halogens is 1. The van der Waals surface area contributed by atoms with Crippen molar-refractivity contribution in [2.75, 3.05) is 7.11 Å². The SMILES string of the molecule is COc1ccc(-c2cc3c(C(=O)O)c[nH]c3cc2Cl)cc1. The lowest BCUT2D eigenvalue weighted by Crippen LogP contribution is -1.93. The van der Waals surface area contributed by atoms with Gasteiger partial charge in [0.25, 0.3) is 0 Å². The van der Waals surface area contributed by atoms with Crippen molar-refractivity contribution in [3.8, 4) is 16.9 Å². The number of hydrogen-bond acceptors (Lipinski definition) is 2. The molecule has 5 heteroatoms. The average molecular weight is 302 g/mol. The van der Waals surface area contributed by atoms with Gasteiger partial charge in [0.05, 0.1) is 17.7 Å². The number of carboxylic acids is 1. The molecule has 3 rings (SSSR count). The summed E-state index contributed by atoms with van der Waals surface area (Å²) in [6.07, 6.45) is 1.47. The second-order valence-corrected chi connectivity index (χ2v) is 5.02. The number of hydrogen-bond donors (Lipinski definition) is 2. The van der Waals surface area contributed by atoms with Crippen LogP contribution >= 0.6 is 11.6 Å². The number of nitrogens with one attached hydrogen (secondary N) is 1. The summed E-state index contributed by atoms with van der Waals surface area (Å²) >= 11 is 6.30. The molecule has 4 nitrogen and oxygen atoms in total. The molecule has 0 amide bonds. The van der Waals surface area contributed by atoms with Gasteiger partial charge in [-0.2, -0.15) is 0 Å². The van der Waals surface area contributed by atoms with Gasteiger partial charge in [-0.15, -0.1) is 0 Å². The van der Waals surface area contributed by atoms with Crippen LogP contribution in [0.15, 0.2) is 42.6 Å². The van der Waals surface area contributed by atoms with Crippen LogP contribution in [-0.4, -0.2) is 23.2 Å². The van der Waals surface area contributed by atoms with Crippen LogP contribution in [0.4, 0.5) is 0 Å². The molecule has 2 aromatic carbocycles. The second kappa shape index (κ2) is 5.14. The quantitative estimate of drug-likeness (QED) is 0.762. The van der Waals surface area contributed by atoms with Crippen molar-refractivity contribution in [3.63, 3.8) is 0 Å². The summed E-state index contributed by atoms with van der Waals surface area (Å²) in [5, 5.41) is 10.4. The van der Waals surface area contributed by atoms with Crippen LogP contribution < -0.4 is 4.74 Å². The summed E-state index contributed by atoms with van der Waals surface area (Å²) in [4.78, 5) is 14.1. The molecule has 0 fully saturated rings. The molecule has 0 aliphatic heterocycles. The summed E-state index contributed by atoms with van der Waals surface area (Å²) in [5.41, 5.74) is 2.63. The minimum absolute atomic E-state index is 0.233. The number of benzene rings is 2. The number of H-pyrrole nitrogens is 1. The van der Waals surface area contributed by atoms with Gasteiger partial charge in [-0.1, -0.05) is 23.7 Å². The zero-order valence-corrected chi connectivity index (χ0v) is 11.9. The number of carbonyl (C=O) groups is 1. The predicted octanol–water partition coefficient (Wildman–Crippen LogP) is 4.20. The van der Waals surface area contributed by atoms with Gasteiger partial charge in [0, 0.05) is 22.7 Å². The minimum Gasteiger partial charge on any atom is -0.497 e. The zero-order chi connectivity index (χ0) is 15.0. The molecule has 1 heterocycles. The lowest BCUT2D eigenvalue weighted by atomic mass is 10.0. The summed E-state index contributed by atoms with van der Waals surface area (Å²) in [7, 11) is 1.60. The third kappa shape index (κ3) is 2.34. The van der Waals surface area contributed by atoms with Gasteiger partial charge >= 0.3 is 5.97 Å². The molecule has 0 atom stereocenters. The van der Waals surface area contributed by atoms with Gasteiger partial charge in [-0.3, -0.25) is 0 Å². The molecule has 2 N–H and O–H groups in total. The number of methoxy groups -OCH3 is 1. The number of carboxylic acid groups (broad SMARTS) is 1. The number of rotatable bonds is 3. The fourth-order valence-corrected chi connectivity index (χ4v) is 2.58. The molecule has 1 aromatic heterocycles. The lowest BCUT2D eigenvalue weighted by Gasteiger charge is -2.07. The smallest absolute Gasteiger partial charge is 0.337 e. The topological polar surface area (TPSA) is 62.3 Å². The van der Waals surface area contributed by atoms with E-state index in [0.717, 1.165) is 16.9 Å². The number of fused-ring (bicyclic) bond motifs is 1. The number of aromatic carboxylic acids is 1. The third-order valence-electron chi connectivity index (χ3n) is 3.40. The van der Waals surface area contributed by atoms with Crippen molar-refractivity contribution < 1.29 is 14.6 Å². The van der Waals surface area contributed by atoms with E-state index in [1.807, 2.05) is 24.3 Å². The van der Waals surface area contributed by atoms with Crippen molar-refractivity contribution in [3.05, 3.63) is 53.2 Å². The van der Waals surface area contributed by atoms with E-state index in [1.54, 1.807) is 19.2 Å². The Kier molecular flexibility index (Phi) is 3.31. The predicted molar refractivity (Wildman–Crippen MR) is 82.3 cm³/mol. The monoisotopic (exact) mass is 301 g/mol. The fourth-order valence-electron chi connectivity index (χ4n) is 2.31. The van der Waals surface area contributed by atoms with Gasteiger partial charge in [0.15, 0.2) is 0 Å². The first kappa shape index (κ1) is 13.5. The Labute approximate surface area is 125 Å². The Hall–Kier alpha value is -2.46. The Morgan fingerprint density at radius 1 is 1.24 bits per heavy atom. The molecular formula is C16H12ClNO3.